The number of phenolic OH excluding ortho intramolecular Hbond substituents is 2. The Morgan fingerprint density at radius 2 is 1.87 bits per heavy atom. The molecule has 0 heterocycles. The van der Waals surface area contributed by atoms with Gasteiger partial charge < -0.3 is 10.2 Å². The van der Waals surface area contributed by atoms with Crippen LogP contribution in [0, 0.1) is 11.3 Å². The van der Waals surface area contributed by atoms with E-state index in [9.17, 15) is 24.6 Å². The summed E-state index contributed by atoms with van der Waals surface area (Å²) in [6.07, 6.45) is 7.20. The first-order valence-corrected chi connectivity index (χ1v) is 10.5. The van der Waals surface area contributed by atoms with Crippen LogP contribution in [0.15, 0.2) is 23.3 Å². The van der Waals surface area contributed by atoms with Crippen molar-refractivity contribution in [2.75, 3.05) is 0 Å². The van der Waals surface area contributed by atoms with Crippen molar-refractivity contribution >= 4 is 17.9 Å². The van der Waals surface area contributed by atoms with Gasteiger partial charge in [0, 0.05) is 28.0 Å². The first kappa shape index (κ1) is 22.0. The molecule has 0 saturated heterocycles. The number of carbonyl (C=O) groups excluding carboxylic acids is 3. The molecule has 2 atom stereocenters. The summed E-state index contributed by atoms with van der Waals surface area (Å²) >= 11 is 0. The van der Waals surface area contributed by atoms with Crippen LogP contribution in [-0.4, -0.2) is 28.1 Å². The number of aldehydes is 1. The molecule has 2 aliphatic carbocycles. The van der Waals surface area contributed by atoms with Gasteiger partial charge in [-0.05, 0) is 45.4 Å². The van der Waals surface area contributed by atoms with Crippen molar-refractivity contribution in [3.05, 3.63) is 45.6 Å². The number of Topliss-reactive ketones (excluding diaryl/α,β-unsaturated/α-hetero) is 2. The highest BCUT2D eigenvalue weighted by atomic mass is 16.3. The largest absolute Gasteiger partial charge is 0.504 e. The predicted molar refractivity (Wildman–Crippen MR) is 115 cm³/mol. The fourth-order valence-electron chi connectivity index (χ4n) is 4.84. The average Bonchev–Trinajstić information content (AvgIpc) is 2.68. The highest BCUT2D eigenvalue weighted by Gasteiger charge is 2.53. The van der Waals surface area contributed by atoms with Gasteiger partial charge >= 0.3 is 0 Å². The first-order chi connectivity index (χ1) is 14.0. The summed E-state index contributed by atoms with van der Waals surface area (Å²) in [4.78, 5) is 39.0. The molecule has 30 heavy (non-hydrogen) atoms. The van der Waals surface area contributed by atoms with E-state index in [1.165, 1.54) is 5.57 Å². The number of phenols is 2. The van der Waals surface area contributed by atoms with Crippen molar-refractivity contribution in [1.29, 1.82) is 0 Å². The van der Waals surface area contributed by atoms with Crippen molar-refractivity contribution in [2.45, 2.75) is 66.2 Å². The van der Waals surface area contributed by atoms with Gasteiger partial charge in [-0.3, -0.25) is 14.4 Å². The zero-order chi connectivity index (χ0) is 22.4. The Balaban J connectivity index is 2.15. The molecule has 0 saturated carbocycles. The van der Waals surface area contributed by atoms with E-state index in [0.29, 0.717) is 19.1 Å². The lowest BCUT2D eigenvalue weighted by molar-refractivity contribution is 0.0560. The molecule has 2 aliphatic rings. The van der Waals surface area contributed by atoms with Crippen LogP contribution in [-0.2, 0) is 0 Å². The lowest BCUT2D eigenvalue weighted by Gasteiger charge is -2.43. The summed E-state index contributed by atoms with van der Waals surface area (Å²) in [5.41, 5.74) is 1.49. The molecule has 0 aromatic heterocycles. The number of hydrogen-bond acceptors (Lipinski definition) is 5. The van der Waals surface area contributed by atoms with Crippen LogP contribution in [0.25, 0.3) is 0 Å². The smallest absolute Gasteiger partial charge is 0.170 e. The highest BCUT2D eigenvalue weighted by Crippen LogP contribution is 2.53. The maximum absolute atomic E-state index is 13.7. The number of fused-ring (bicyclic) bond motifs is 2. The second kappa shape index (κ2) is 7.86. The van der Waals surface area contributed by atoms with Gasteiger partial charge in [-0.2, -0.15) is 0 Å². The van der Waals surface area contributed by atoms with E-state index < -0.39 is 22.8 Å². The second-order valence-electron chi connectivity index (χ2n) is 9.30. The van der Waals surface area contributed by atoms with E-state index in [4.69, 9.17) is 0 Å². The maximum atomic E-state index is 13.7. The molecule has 5 nitrogen and oxygen atoms in total. The topological polar surface area (TPSA) is 91.7 Å². The number of benzene rings is 1. The molecule has 1 aromatic carbocycles. The minimum Gasteiger partial charge on any atom is -0.504 e. The molecule has 0 radical (unpaired) electrons. The quantitative estimate of drug-likeness (QED) is 0.380. The molecule has 3 rings (SSSR count). The standard InChI is InChI=1S/C25H30O5/c1-13(2)7-6-8-15-9-10-25(5)17(11-15)22(28)19-16(12-26)21(27)23(29)18(14(3)4)20(19)24(25)30/h7,9,12,14,17,27,29H,6,8,10-11H2,1-5H3/t17-,25+/m1/s1. The van der Waals surface area contributed by atoms with Gasteiger partial charge in [-0.1, -0.05) is 44.1 Å². The van der Waals surface area contributed by atoms with E-state index in [1.807, 2.05) is 13.8 Å². The molecule has 1 aromatic rings. The SMILES string of the molecule is CC(C)=CCCC1=CC[C@]2(C)C(=O)c3c(c(C=O)c(O)c(O)c3C(C)C)C(=O)[C@H]2C1. The molecule has 0 fully saturated rings. The van der Waals surface area contributed by atoms with E-state index in [-0.39, 0.29) is 39.7 Å². The minimum atomic E-state index is -0.919. The van der Waals surface area contributed by atoms with Gasteiger partial charge in [0.2, 0.25) is 0 Å². The van der Waals surface area contributed by atoms with Crippen LogP contribution in [0.5, 0.6) is 11.5 Å². The average molecular weight is 411 g/mol. The van der Waals surface area contributed by atoms with Crippen molar-refractivity contribution in [3.63, 3.8) is 0 Å². The Bertz CT molecular complexity index is 992. The third-order valence-corrected chi connectivity index (χ3v) is 6.60. The van der Waals surface area contributed by atoms with Crippen molar-refractivity contribution in [3.8, 4) is 11.5 Å². The third-order valence-electron chi connectivity index (χ3n) is 6.60. The molecule has 160 valence electrons. The summed E-state index contributed by atoms with van der Waals surface area (Å²) < 4.78 is 0. The Morgan fingerprint density at radius 3 is 2.43 bits per heavy atom. The summed E-state index contributed by atoms with van der Waals surface area (Å²) in [6.45, 7) is 9.45. The molecule has 0 aliphatic heterocycles. The molecule has 0 unspecified atom stereocenters. The van der Waals surface area contributed by atoms with Crippen LogP contribution in [0.4, 0.5) is 0 Å². The maximum Gasteiger partial charge on any atom is 0.170 e. The third kappa shape index (κ3) is 3.30. The van der Waals surface area contributed by atoms with Gasteiger partial charge in [0.25, 0.3) is 0 Å². The number of rotatable bonds is 5. The minimum absolute atomic E-state index is 0.0259. The van der Waals surface area contributed by atoms with Crippen LogP contribution in [0.2, 0.25) is 0 Å². The van der Waals surface area contributed by atoms with Gasteiger partial charge in [0.15, 0.2) is 29.4 Å². The second-order valence-corrected chi connectivity index (χ2v) is 9.30. The number of ketones is 2. The molecular formula is C25H30O5. The van der Waals surface area contributed by atoms with Gasteiger partial charge in [0.05, 0.1) is 5.56 Å². The van der Waals surface area contributed by atoms with E-state index in [0.717, 1.165) is 18.4 Å². The summed E-state index contributed by atoms with van der Waals surface area (Å²) in [7, 11) is 0. The highest BCUT2D eigenvalue weighted by molar-refractivity contribution is 6.22. The van der Waals surface area contributed by atoms with E-state index >= 15 is 0 Å². The van der Waals surface area contributed by atoms with Crippen LogP contribution in [0.1, 0.15) is 103 Å². The molecular weight excluding hydrogens is 380 g/mol. The molecule has 0 amide bonds. The molecule has 0 spiro atoms. The molecule has 0 bridgehead atoms. The summed E-state index contributed by atoms with van der Waals surface area (Å²) in [6, 6.07) is 0. The Kier molecular flexibility index (Phi) is 5.76. The van der Waals surface area contributed by atoms with E-state index in [1.54, 1.807) is 20.8 Å². The lowest BCUT2D eigenvalue weighted by Crippen LogP contribution is -2.47. The Labute approximate surface area is 177 Å². The van der Waals surface area contributed by atoms with Gasteiger partial charge in [-0.25, -0.2) is 0 Å². The van der Waals surface area contributed by atoms with Gasteiger partial charge in [-0.15, -0.1) is 0 Å². The van der Waals surface area contributed by atoms with Crippen molar-refractivity contribution in [1.82, 2.24) is 0 Å². The monoisotopic (exact) mass is 410 g/mol. The number of carbonyl (C=O) groups is 3. The summed E-state index contributed by atoms with van der Waals surface area (Å²) in [5.74, 6) is -2.51. The zero-order valence-electron chi connectivity index (χ0n) is 18.3. The van der Waals surface area contributed by atoms with E-state index in [2.05, 4.69) is 12.2 Å². The predicted octanol–water partition coefficient (Wildman–Crippen LogP) is 5.50. The number of hydrogen-bond donors (Lipinski definition) is 2. The molecule has 2 N–H and O–H groups in total. The van der Waals surface area contributed by atoms with Crippen molar-refractivity contribution in [2.24, 2.45) is 11.3 Å². The first-order valence-electron chi connectivity index (χ1n) is 10.5. The Morgan fingerprint density at radius 1 is 1.20 bits per heavy atom. The zero-order valence-corrected chi connectivity index (χ0v) is 18.3. The number of aromatic hydroxyl groups is 2. The normalized spacial score (nSPS) is 23.0. The van der Waals surface area contributed by atoms with Gasteiger partial charge in [0.1, 0.15) is 0 Å². The van der Waals surface area contributed by atoms with Crippen molar-refractivity contribution < 1.29 is 24.6 Å². The summed E-state index contributed by atoms with van der Waals surface area (Å²) in [5, 5.41) is 20.9. The van der Waals surface area contributed by atoms with Crippen LogP contribution in [0.3, 0.4) is 0 Å². The molecule has 5 heteroatoms. The Hall–Kier alpha value is -2.69. The van der Waals surface area contributed by atoms with Crippen LogP contribution < -0.4 is 0 Å². The fourth-order valence-corrected chi connectivity index (χ4v) is 4.84. The number of allylic oxidation sites excluding steroid dienone is 4. The lowest BCUT2D eigenvalue weighted by atomic mass is 9.57. The van der Waals surface area contributed by atoms with Crippen LogP contribution >= 0.6 is 0 Å². The fraction of sp³-hybridized carbons (Fsp3) is 0.480.